The van der Waals surface area contributed by atoms with E-state index in [1.807, 2.05) is 11.0 Å². The molecule has 4 rings (SSSR count). The molecule has 0 saturated carbocycles. The van der Waals surface area contributed by atoms with E-state index < -0.39 is 0 Å². The average Bonchev–Trinajstić information content (AvgIpc) is 3.29. The van der Waals surface area contributed by atoms with Crippen LogP contribution in [0.5, 0.6) is 0 Å². The molecule has 6 heteroatoms. The van der Waals surface area contributed by atoms with Gasteiger partial charge in [0.2, 0.25) is 5.89 Å². The number of amides is 1. The van der Waals surface area contributed by atoms with Crippen molar-refractivity contribution >= 4 is 5.91 Å². The lowest BCUT2D eigenvalue weighted by Gasteiger charge is -2.36. The van der Waals surface area contributed by atoms with Crippen molar-refractivity contribution < 1.29 is 13.6 Å². The van der Waals surface area contributed by atoms with Crippen LogP contribution in [0.1, 0.15) is 47.7 Å². The number of oxazole rings is 1. The minimum atomic E-state index is -0.322. The van der Waals surface area contributed by atoms with Gasteiger partial charge in [-0.25, -0.2) is 9.37 Å². The Kier molecular flexibility index (Phi) is 4.56. The Bertz CT molecular complexity index is 958. The topological polar surface area (TPSA) is 51.3 Å². The SMILES string of the molecule is CCCC1c2cccn2CCN1C(=O)c1nc(-c2ccc(F)cc2)oc1C. The van der Waals surface area contributed by atoms with E-state index in [0.29, 0.717) is 29.5 Å². The Morgan fingerprint density at radius 2 is 2.04 bits per heavy atom. The average molecular weight is 367 g/mol. The molecule has 0 bridgehead atoms. The molecule has 1 amide bonds. The second-order valence-corrected chi connectivity index (χ2v) is 6.86. The van der Waals surface area contributed by atoms with Gasteiger partial charge in [0.1, 0.15) is 11.6 Å². The summed E-state index contributed by atoms with van der Waals surface area (Å²) >= 11 is 0. The van der Waals surface area contributed by atoms with E-state index >= 15 is 0 Å². The molecule has 0 aliphatic carbocycles. The number of aryl methyl sites for hydroxylation is 1. The number of hydrogen-bond donors (Lipinski definition) is 0. The fourth-order valence-corrected chi connectivity index (χ4v) is 3.73. The van der Waals surface area contributed by atoms with Crippen molar-refractivity contribution in [1.29, 1.82) is 0 Å². The highest BCUT2D eigenvalue weighted by Crippen LogP contribution is 2.32. The molecule has 140 valence electrons. The quantitative estimate of drug-likeness (QED) is 0.678. The number of aromatic nitrogens is 2. The highest BCUT2D eigenvalue weighted by atomic mass is 19.1. The Morgan fingerprint density at radius 3 is 2.78 bits per heavy atom. The van der Waals surface area contributed by atoms with Crippen molar-refractivity contribution in [3.05, 3.63) is 65.6 Å². The lowest BCUT2D eigenvalue weighted by Crippen LogP contribution is -2.42. The molecule has 2 aromatic heterocycles. The van der Waals surface area contributed by atoms with Gasteiger partial charge in [0.05, 0.1) is 6.04 Å². The molecule has 1 aliphatic heterocycles. The van der Waals surface area contributed by atoms with Crippen LogP contribution >= 0.6 is 0 Å². The van der Waals surface area contributed by atoms with Crippen molar-refractivity contribution in [1.82, 2.24) is 14.5 Å². The molecule has 1 aromatic carbocycles. The van der Waals surface area contributed by atoms with Crippen molar-refractivity contribution in [2.75, 3.05) is 6.54 Å². The zero-order chi connectivity index (χ0) is 19.0. The molecule has 27 heavy (non-hydrogen) atoms. The van der Waals surface area contributed by atoms with E-state index in [9.17, 15) is 9.18 Å². The summed E-state index contributed by atoms with van der Waals surface area (Å²) in [7, 11) is 0. The third kappa shape index (κ3) is 3.16. The molecular formula is C21H22FN3O2. The van der Waals surface area contributed by atoms with Gasteiger partial charge in [-0.05, 0) is 49.7 Å². The molecule has 5 nitrogen and oxygen atoms in total. The number of carbonyl (C=O) groups excluding carboxylic acids is 1. The summed E-state index contributed by atoms with van der Waals surface area (Å²) in [5, 5.41) is 0. The van der Waals surface area contributed by atoms with E-state index in [1.165, 1.54) is 12.1 Å². The van der Waals surface area contributed by atoms with Crippen LogP contribution in [0.2, 0.25) is 0 Å². The van der Waals surface area contributed by atoms with Crippen molar-refractivity contribution in [2.24, 2.45) is 0 Å². The first-order valence-electron chi connectivity index (χ1n) is 9.28. The van der Waals surface area contributed by atoms with Crippen molar-refractivity contribution in [2.45, 2.75) is 39.3 Å². The third-order valence-electron chi connectivity index (χ3n) is 5.08. The van der Waals surface area contributed by atoms with Gasteiger partial charge in [-0.15, -0.1) is 0 Å². The smallest absolute Gasteiger partial charge is 0.276 e. The van der Waals surface area contributed by atoms with Crippen LogP contribution in [-0.2, 0) is 6.54 Å². The van der Waals surface area contributed by atoms with Gasteiger partial charge in [0.15, 0.2) is 5.69 Å². The minimum absolute atomic E-state index is 0.0385. The van der Waals surface area contributed by atoms with Gasteiger partial charge < -0.3 is 13.9 Å². The number of rotatable bonds is 4. The normalized spacial score (nSPS) is 16.4. The lowest BCUT2D eigenvalue weighted by molar-refractivity contribution is 0.0603. The monoisotopic (exact) mass is 367 g/mol. The molecule has 0 radical (unpaired) electrons. The first-order valence-corrected chi connectivity index (χ1v) is 9.28. The van der Waals surface area contributed by atoms with Crippen LogP contribution in [0.4, 0.5) is 4.39 Å². The summed E-state index contributed by atoms with van der Waals surface area (Å²) in [6.45, 7) is 5.28. The summed E-state index contributed by atoms with van der Waals surface area (Å²) in [5.41, 5.74) is 2.14. The molecule has 0 fully saturated rings. The van der Waals surface area contributed by atoms with E-state index in [0.717, 1.165) is 25.1 Å². The minimum Gasteiger partial charge on any atom is -0.441 e. The molecule has 0 saturated heterocycles. The van der Waals surface area contributed by atoms with Gasteiger partial charge in [-0.3, -0.25) is 4.79 Å². The lowest BCUT2D eigenvalue weighted by atomic mass is 10.0. The van der Waals surface area contributed by atoms with Crippen molar-refractivity contribution in [3.8, 4) is 11.5 Å². The molecule has 1 atom stereocenters. The largest absolute Gasteiger partial charge is 0.441 e. The molecule has 3 heterocycles. The highest BCUT2D eigenvalue weighted by molar-refractivity contribution is 5.94. The van der Waals surface area contributed by atoms with E-state index in [2.05, 4.69) is 28.7 Å². The number of nitrogens with zero attached hydrogens (tertiary/aromatic N) is 3. The first-order chi connectivity index (χ1) is 13.1. The van der Waals surface area contributed by atoms with E-state index in [1.54, 1.807) is 19.1 Å². The summed E-state index contributed by atoms with van der Waals surface area (Å²) < 4.78 is 21.1. The van der Waals surface area contributed by atoms with Crippen molar-refractivity contribution in [3.63, 3.8) is 0 Å². The maximum absolute atomic E-state index is 13.3. The summed E-state index contributed by atoms with van der Waals surface area (Å²) in [4.78, 5) is 19.6. The van der Waals surface area contributed by atoms with E-state index in [-0.39, 0.29) is 17.8 Å². The molecule has 1 aliphatic rings. The highest BCUT2D eigenvalue weighted by Gasteiger charge is 2.33. The fourth-order valence-electron chi connectivity index (χ4n) is 3.73. The first kappa shape index (κ1) is 17.5. The summed E-state index contributed by atoms with van der Waals surface area (Å²) in [5.74, 6) is 0.381. The second kappa shape index (κ2) is 7.02. The fraction of sp³-hybridized carbons (Fsp3) is 0.333. The van der Waals surface area contributed by atoms with Gasteiger partial charge >= 0.3 is 0 Å². The Morgan fingerprint density at radius 1 is 1.26 bits per heavy atom. The zero-order valence-corrected chi connectivity index (χ0v) is 15.5. The van der Waals surface area contributed by atoms with Gasteiger partial charge in [0.25, 0.3) is 5.91 Å². The van der Waals surface area contributed by atoms with Crippen LogP contribution in [0.3, 0.4) is 0 Å². The summed E-state index contributed by atoms with van der Waals surface area (Å²) in [6, 6.07) is 10.1. The molecule has 0 spiro atoms. The Hall–Kier alpha value is -2.89. The Labute approximate surface area is 157 Å². The van der Waals surface area contributed by atoms with Crippen LogP contribution in [0.15, 0.2) is 47.0 Å². The zero-order valence-electron chi connectivity index (χ0n) is 15.5. The second-order valence-electron chi connectivity index (χ2n) is 6.86. The standard InChI is InChI=1S/C21H22FN3O2/c1-3-5-18-17-6-4-11-24(17)12-13-25(18)21(26)19-14(2)27-20(23-19)15-7-9-16(22)10-8-15/h4,6-11,18H,3,5,12-13H2,1-2H3. The number of fused-ring (bicyclic) bond motifs is 1. The third-order valence-corrected chi connectivity index (χ3v) is 5.08. The predicted molar refractivity (Wildman–Crippen MR) is 99.8 cm³/mol. The number of carbonyl (C=O) groups is 1. The van der Waals surface area contributed by atoms with E-state index in [4.69, 9.17) is 4.42 Å². The number of halogens is 1. The number of benzene rings is 1. The number of hydrogen-bond acceptors (Lipinski definition) is 3. The maximum Gasteiger partial charge on any atom is 0.276 e. The molecule has 1 unspecified atom stereocenters. The van der Waals surface area contributed by atoms with Gasteiger partial charge in [0, 0.05) is 30.5 Å². The molecule has 0 N–H and O–H groups in total. The van der Waals surface area contributed by atoms with Crippen LogP contribution in [0.25, 0.3) is 11.5 Å². The van der Waals surface area contributed by atoms with Crippen LogP contribution in [-0.4, -0.2) is 26.9 Å². The van der Waals surface area contributed by atoms with Gasteiger partial charge in [-0.2, -0.15) is 0 Å². The predicted octanol–water partition coefficient (Wildman–Crippen LogP) is 4.59. The summed E-state index contributed by atoms with van der Waals surface area (Å²) in [6.07, 6.45) is 3.95. The molecular weight excluding hydrogens is 345 g/mol. The molecule has 3 aromatic rings. The maximum atomic E-state index is 13.3. The van der Waals surface area contributed by atoms with Crippen LogP contribution < -0.4 is 0 Å². The Balaban J connectivity index is 1.65. The van der Waals surface area contributed by atoms with Crippen LogP contribution in [0, 0.1) is 12.7 Å². The van der Waals surface area contributed by atoms with Gasteiger partial charge in [-0.1, -0.05) is 13.3 Å².